The van der Waals surface area contributed by atoms with Crippen LogP contribution in [-0.4, -0.2) is 8.75 Å². The molecule has 0 spiro atoms. The molecule has 1 atom stereocenters. The minimum absolute atomic E-state index is 0.0685. The molecule has 0 saturated carbocycles. The van der Waals surface area contributed by atoms with Crippen LogP contribution in [0.5, 0.6) is 0 Å². The van der Waals surface area contributed by atoms with Crippen LogP contribution in [0.3, 0.4) is 0 Å². The van der Waals surface area contributed by atoms with Gasteiger partial charge in [0, 0.05) is 31.0 Å². The maximum Gasteiger partial charge on any atom is 0.416 e. The van der Waals surface area contributed by atoms with Gasteiger partial charge in [0.2, 0.25) is 0 Å². The minimum atomic E-state index is -4.42. The van der Waals surface area contributed by atoms with Crippen molar-refractivity contribution in [1.29, 1.82) is 0 Å². The zero-order valence-corrected chi connectivity index (χ0v) is 25.9. The minimum Gasteiger partial charge on any atom is -0.172 e. The second-order valence-electron chi connectivity index (χ2n) is 10.3. The highest BCUT2D eigenvalue weighted by Crippen LogP contribution is 2.57. The highest BCUT2D eigenvalue weighted by molar-refractivity contribution is 8.08. The quantitative estimate of drug-likeness (QED) is 0.175. The van der Waals surface area contributed by atoms with Gasteiger partial charge in [-0.3, -0.25) is 0 Å². The van der Waals surface area contributed by atoms with Gasteiger partial charge in [0.25, 0.3) is 0 Å². The van der Waals surface area contributed by atoms with E-state index in [9.17, 15) is 26.3 Å². The largest absolute Gasteiger partial charge is 0.416 e. The standard InChI is InChI=1S/C30H18F6N4S4/c1-13-11-15(3-5-17(13)29(31,32)33)19-7-9-21(41-19)23-25-27(39-43-37-25)24(28-26(23)38-44-40-28)22-10-8-20(42-22)16-4-6-18(14(2)12-16)30(34,35)36/h3-7,9-12,20H,8H2,1-2H3. The lowest BCUT2D eigenvalue weighted by Crippen LogP contribution is -2.08. The van der Waals surface area contributed by atoms with Crippen molar-refractivity contribution in [2.45, 2.75) is 37.9 Å². The van der Waals surface area contributed by atoms with Crippen LogP contribution < -0.4 is 0 Å². The number of nitrogens with zero attached hydrogens (tertiary/aromatic N) is 4. The first-order valence-corrected chi connectivity index (χ1v) is 16.3. The maximum absolute atomic E-state index is 13.3. The number of aromatic nitrogens is 2. The second kappa shape index (κ2) is 10.6. The summed E-state index contributed by atoms with van der Waals surface area (Å²) in [5.41, 5.74) is 4.72. The third-order valence-corrected chi connectivity index (χ3v) is 11.1. The average Bonchev–Trinajstić information content (AvgIpc) is 3.77. The highest BCUT2D eigenvalue weighted by Gasteiger charge is 2.35. The molecule has 0 fully saturated rings. The van der Waals surface area contributed by atoms with Crippen LogP contribution in [-0.2, 0) is 23.7 Å². The molecule has 2 aliphatic rings. The Bertz CT molecular complexity index is 2080. The molecule has 5 aromatic rings. The Kier molecular flexibility index (Phi) is 7.11. The summed E-state index contributed by atoms with van der Waals surface area (Å²) in [4.78, 5) is 2.56. The average molecular weight is 677 g/mol. The Labute approximate surface area is 263 Å². The molecule has 44 heavy (non-hydrogen) atoms. The molecule has 2 aliphatic heterocycles. The van der Waals surface area contributed by atoms with E-state index in [-0.39, 0.29) is 16.4 Å². The Morgan fingerprint density at radius 1 is 0.727 bits per heavy atom. The number of fused-ring (bicyclic) bond motifs is 2. The number of thioether (sulfide) groups is 1. The van der Waals surface area contributed by atoms with Gasteiger partial charge in [-0.15, -0.1) is 23.1 Å². The highest BCUT2D eigenvalue weighted by atomic mass is 32.2. The molecule has 7 rings (SSSR count). The van der Waals surface area contributed by atoms with Gasteiger partial charge in [-0.25, -0.2) is 0 Å². The molecule has 14 heteroatoms. The zero-order valence-electron chi connectivity index (χ0n) is 22.7. The summed E-state index contributed by atoms with van der Waals surface area (Å²) in [5, 5.41) is -0.0685. The lowest BCUT2D eigenvalue weighted by atomic mass is 10.00. The van der Waals surface area contributed by atoms with Crippen molar-refractivity contribution in [3.63, 3.8) is 0 Å². The van der Waals surface area contributed by atoms with Crippen LogP contribution in [0.1, 0.15) is 45.1 Å². The molecule has 0 N–H and O–H groups in total. The molecule has 2 aromatic heterocycles. The van der Waals surface area contributed by atoms with E-state index < -0.39 is 23.5 Å². The molecule has 3 aromatic carbocycles. The summed E-state index contributed by atoms with van der Waals surface area (Å²) in [6.07, 6.45) is -6.12. The van der Waals surface area contributed by atoms with Gasteiger partial charge in [0.1, 0.15) is 22.4 Å². The van der Waals surface area contributed by atoms with Gasteiger partial charge in [0.15, 0.2) is 0 Å². The zero-order chi connectivity index (χ0) is 31.0. The van der Waals surface area contributed by atoms with Crippen LogP contribution in [0.4, 0.5) is 37.7 Å². The number of halogens is 6. The van der Waals surface area contributed by atoms with Gasteiger partial charge in [-0.2, -0.15) is 43.8 Å². The number of allylic oxidation sites excluding steroid dienone is 1. The smallest absolute Gasteiger partial charge is 0.172 e. The molecule has 0 radical (unpaired) electrons. The first-order chi connectivity index (χ1) is 20.9. The fourth-order valence-corrected chi connectivity index (χ4v) is 8.97. The summed E-state index contributed by atoms with van der Waals surface area (Å²) in [7, 11) is 0. The van der Waals surface area contributed by atoms with Crippen LogP contribution in [0, 0.1) is 13.8 Å². The molecular weight excluding hydrogens is 659 g/mol. The number of rotatable bonds is 4. The Hall–Kier alpha value is -3.33. The first-order valence-electron chi connectivity index (χ1n) is 13.1. The van der Waals surface area contributed by atoms with Crippen LogP contribution >= 0.6 is 34.8 Å². The fourth-order valence-electron chi connectivity index (χ4n) is 5.52. The molecule has 0 aliphatic carbocycles. The van der Waals surface area contributed by atoms with Crippen molar-refractivity contribution in [3.05, 3.63) is 88.0 Å². The van der Waals surface area contributed by atoms with Crippen molar-refractivity contribution < 1.29 is 26.3 Å². The Morgan fingerprint density at radius 2 is 1.34 bits per heavy atom. The molecule has 0 saturated heterocycles. The van der Waals surface area contributed by atoms with Crippen LogP contribution in [0.2, 0.25) is 0 Å². The van der Waals surface area contributed by atoms with Gasteiger partial charge >= 0.3 is 12.4 Å². The van der Waals surface area contributed by atoms with Gasteiger partial charge in [-0.1, -0.05) is 30.3 Å². The third kappa shape index (κ3) is 5.01. The van der Waals surface area contributed by atoms with Crippen molar-refractivity contribution >= 4 is 73.5 Å². The molecule has 1 unspecified atom stereocenters. The first kappa shape index (κ1) is 29.4. The molecule has 0 bridgehead atoms. The Balaban J connectivity index is 1.25. The summed E-state index contributed by atoms with van der Waals surface area (Å²) in [5.74, 6) is 0. The van der Waals surface area contributed by atoms with Gasteiger partial charge < -0.3 is 0 Å². The molecular formula is C30H18F6N4S4. The number of alkyl halides is 6. The van der Waals surface area contributed by atoms with Crippen molar-refractivity contribution in [2.24, 2.45) is 8.73 Å². The second-order valence-corrected chi connectivity index (χ2v) is 13.7. The number of benzene rings is 3. The molecule has 4 nitrogen and oxygen atoms in total. The van der Waals surface area contributed by atoms with Crippen LogP contribution in [0.25, 0.3) is 36.8 Å². The van der Waals surface area contributed by atoms with Gasteiger partial charge in [-0.05, 0) is 66.8 Å². The number of hydrogen-bond acceptors (Lipinski definition) is 7. The predicted molar refractivity (Wildman–Crippen MR) is 167 cm³/mol. The number of hydrogen-bond donors (Lipinski definition) is 0. The third-order valence-electron chi connectivity index (χ3n) is 7.55. The van der Waals surface area contributed by atoms with E-state index in [1.165, 1.54) is 31.3 Å². The van der Waals surface area contributed by atoms with E-state index in [1.54, 1.807) is 30.0 Å². The summed E-state index contributed by atoms with van der Waals surface area (Å²) in [6.45, 7) is 2.93. The van der Waals surface area contributed by atoms with Gasteiger partial charge in [0.05, 0.1) is 34.2 Å². The lowest BCUT2D eigenvalue weighted by Gasteiger charge is -2.16. The summed E-state index contributed by atoms with van der Waals surface area (Å²) in [6, 6.07) is 12.2. The molecule has 4 heterocycles. The van der Waals surface area contributed by atoms with Crippen molar-refractivity contribution in [3.8, 4) is 20.9 Å². The maximum atomic E-state index is 13.3. The fraction of sp³-hybridized carbons (Fsp3) is 0.200. The normalized spacial score (nSPS) is 16.5. The summed E-state index contributed by atoms with van der Waals surface area (Å²) < 4.78 is 98.3. The van der Waals surface area contributed by atoms with E-state index in [4.69, 9.17) is 0 Å². The predicted octanol–water partition coefficient (Wildman–Crippen LogP) is 11.7. The SMILES string of the molecule is Cc1cc(-c2ccc(-c3c4c(c(C5=CCC(c6ccc(C(F)(F)F)c(C)c6)S5)c5nsnc35)N=S=N4)s2)ccc1C(F)(F)F. The Morgan fingerprint density at radius 3 is 2.00 bits per heavy atom. The van der Waals surface area contributed by atoms with E-state index >= 15 is 0 Å². The topological polar surface area (TPSA) is 50.5 Å². The number of thiophene rings is 1. The van der Waals surface area contributed by atoms with E-state index in [0.29, 0.717) is 34.4 Å². The van der Waals surface area contributed by atoms with E-state index in [1.807, 2.05) is 12.1 Å². The van der Waals surface area contributed by atoms with Crippen molar-refractivity contribution in [2.75, 3.05) is 0 Å². The summed E-state index contributed by atoms with van der Waals surface area (Å²) >= 11 is 5.12. The monoisotopic (exact) mass is 676 g/mol. The molecule has 0 amide bonds. The van der Waals surface area contributed by atoms with E-state index in [2.05, 4.69) is 23.5 Å². The van der Waals surface area contributed by atoms with Crippen molar-refractivity contribution in [1.82, 2.24) is 8.75 Å². The van der Waals surface area contributed by atoms with E-state index in [0.717, 1.165) is 66.6 Å². The number of aryl methyl sites for hydroxylation is 2. The molecule has 224 valence electrons. The lowest BCUT2D eigenvalue weighted by molar-refractivity contribution is -0.138. The van der Waals surface area contributed by atoms with Crippen LogP contribution in [0.15, 0.2) is 63.3 Å².